The molecule has 21 heavy (non-hydrogen) atoms. The normalized spacial score (nSPS) is 11.3. The van der Waals surface area contributed by atoms with Gasteiger partial charge in [0.05, 0.1) is 0 Å². The molecule has 0 spiro atoms. The van der Waals surface area contributed by atoms with Crippen LogP contribution in [0.5, 0.6) is 5.75 Å². The minimum atomic E-state index is -1.77. The van der Waals surface area contributed by atoms with Gasteiger partial charge in [0.1, 0.15) is 0 Å². The molecule has 0 heterocycles. The summed E-state index contributed by atoms with van der Waals surface area (Å²) in [6.45, 7) is -0.405. The third-order valence-corrected chi connectivity index (χ3v) is 6.27. The fourth-order valence-electron chi connectivity index (χ4n) is 1.78. The molecule has 0 saturated heterocycles. The van der Waals surface area contributed by atoms with Crippen molar-refractivity contribution in [1.29, 1.82) is 0 Å². The summed E-state index contributed by atoms with van der Waals surface area (Å²) in [6, 6.07) is 7.18. The molecule has 0 radical (unpaired) electrons. The van der Waals surface area contributed by atoms with Crippen molar-refractivity contribution >= 4 is 12.1 Å². The third-order valence-electron chi connectivity index (χ3n) is 2.76. The standard InChI is InChI=1S/C13H16NO5.Hg.H2O/c1-9(17-2)7-10-5-3-4-6-11(10)18-8-12(15)19-13(14)16;;/h3-6,9H,1,7-8H2,2H3,(H2,14,16);;1H2/q;+1;/p-1. The molecule has 0 aliphatic rings. The van der Waals surface area contributed by atoms with E-state index in [-0.39, 0.29) is 6.10 Å². The van der Waals surface area contributed by atoms with Crippen LogP contribution in [0.2, 0.25) is 3.93 Å². The first kappa shape index (κ1) is 17.9. The van der Waals surface area contributed by atoms with Crippen molar-refractivity contribution in [3.05, 3.63) is 29.8 Å². The van der Waals surface area contributed by atoms with Crippen LogP contribution >= 0.6 is 0 Å². The molecule has 112 valence electrons. The van der Waals surface area contributed by atoms with Crippen LogP contribution < -0.4 is 10.5 Å². The van der Waals surface area contributed by atoms with Gasteiger partial charge in [-0.1, -0.05) is 0 Å². The molecule has 1 atom stereocenters. The summed E-state index contributed by atoms with van der Waals surface area (Å²) >= 11 is -1.77. The average molecular weight is 484 g/mol. The van der Waals surface area contributed by atoms with Crippen LogP contribution in [-0.2, 0) is 45.7 Å². The number of methoxy groups -OCH3 is 1. The first-order valence-corrected chi connectivity index (χ1v) is 12.8. The zero-order valence-electron chi connectivity index (χ0n) is 11.8. The van der Waals surface area contributed by atoms with Gasteiger partial charge in [-0.05, 0) is 0 Å². The van der Waals surface area contributed by atoms with Crippen molar-refractivity contribution < 1.29 is 51.8 Å². The Bertz CT molecular complexity index is 481. The summed E-state index contributed by atoms with van der Waals surface area (Å²) < 4.78 is 24.7. The molecule has 0 bridgehead atoms. The number of esters is 1. The molecule has 7 nitrogen and oxygen atoms in total. The molecule has 0 fully saturated rings. The van der Waals surface area contributed by atoms with E-state index in [1.807, 2.05) is 12.1 Å². The van der Waals surface area contributed by atoms with Gasteiger partial charge in [0.2, 0.25) is 0 Å². The van der Waals surface area contributed by atoms with Crippen LogP contribution in [0.25, 0.3) is 0 Å². The van der Waals surface area contributed by atoms with Gasteiger partial charge in [-0.25, -0.2) is 0 Å². The van der Waals surface area contributed by atoms with Crippen molar-refractivity contribution in [2.75, 3.05) is 13.7 Å². The second-order valence-corrected chi connectivity index (χ2v) is 8.25. The van der Waals surface area contributed by atoms with Crippen molar-refractivity contribution in [2.45, 2.75) is 16.5 Å². The number of primary amides is 1. The number of amides is 1. The van der Waals surface area contributed by atoms with Crippen molar-refractivity contribution in [1.82, 2.24) is 0 Å². The van der Waals surface area contributed by atoms with Gasteiger partial charge >= 0.3 is 135 Å². The molecule has 8 heteroatoms. The van der Waals surface area contributed by atoms with Gasteiger partial charge in [0.25, 0.3) is 0 Å². The molecule has 1 rings (SSSR count). The van der Waals surface area contributed by atoms with Crippen LogP contribution in [0.3, 0.4) is 0 Å². The van der Waals surface area contributed by atoms with Crippen LogP contribution in [0.15, 0.2) is 24.3 Å². The van der Waals surface area contributed by atoms with Crippen LogP contribution in [0.4, 0.5) is 4.79 Å². The second kappa shape index (κ2) is 9.70. The van der Waals surface area contributed by atoms with Crippen LogP contribution in [0, 0.1) is 0 Å². The second-order valence-electron chi connectivity index (χ2n) is 4.26. The number of ether oxygens (including phenoxy) is 3. The van der Waals surface area contributed by atoms with E-state index in [4.69, 9.17) is 15.2 Å². The summed E-state index contributed by atoms with van der Waals surface area (Å²) in [6.07, 6.45) is -0.635. The summed E-state index contributed by atoms with van der Waals surface area (Å²) in [7, 11) is 1.60. The zero-order chi connectivity index (χ0) is 15.7. The zero-order valence-corrected chi connectivity index (χ0v) is 17.3. The molecule has 0 aliphatic carbocycles. The fraction of sp³-hybridized carbons (Fsp3) is 0.385. The Hall–Kier alpha value is -1.18. The Morgan fingerprint density at radius 2 is 2.10 bits per heavy atom. The van der Waals surface area contributed by atoms with E-state index in [9.17, 15) is 12.6 Å². The number of para-hydroxylation sites is 1. The molecule has 1 aromatic carbocycles. The van der Waals surface area contributed by atoms with Crippen LogP contribution in [0.1, 0.15) is 5.56 Å². The maximum atomic E-state index is 11.2. The number of nitrogens with two attached hydrogens (primary N) is 1. The Morgan fingerprint density at radius 3 is 2.71 bits per heavy atom. The predicted molar refractivity (Wildman–Crippen MR) is 69.1 cm³/mol. The Labute approximate surface area is 135 Å². The van der Waals surface area contributed by atoms with E-state index >= 15 is 0 Å². The number of benzene rings is 1. The number of hydrogen-bond donors (Lipinski definition) is 2. The van der Waals surface area contributed by atoms with Crippen LogP contribution in [-0.4, -0.2) is 34.9 Å². The SMILES string of the molecule is COC([CH2][Hg][OH])Cc1ccccc1OCC(=O)OC(N)=O. The Morgan fingerprint density at radius 1 is 1.38 bits per heavy atom. The fourth-order valence-corrected chi connectivity index (χ4v) is 4.61. The monoisotopic (exact) mass is 485 g/mol. The molecule has 1 aromatic rings. The van der Waals surface area contributed by atoms with Crippen molar-refractivity contribution in [3.63, 3.8) is 0 Å². The number of hydrogen-bond acceptors (Lipinski definition) is 6. The molecular weight excluding hydrogens is 467 g/mol. The third kappa shape index (κ3) is 6.88. The topological polar surface area (TPSA) is 108 Å². The summed E-state index contributed by atoms with van der Waals surface area (Å²) in [5.74, 6) is -0.344. The summed E-state index contributed by atoms with van der Waals surface area (Å²) in [5, 5.41) is 0. The van der Waals surface area contributed by atoms with Crippen molar-refractivity contribution in [2.24, 2.45) is 5.73 Å². The first-order chi connectivity index (χ1) is 10.1. The van der Waals surface area contributed by atoms with E-state index in [1.165, 1.54) is 0 Å². The number of carbonyl (C=O) groups excluding carboxylic acids is 2. The van der Waals surface area contributed by atoms with E-state index in [1.54, 1.807) is 19.2 Å². The quantitative estimate of drug-likeness (QED) is 0.319. The molecular formula is C13H17HgNO6. The molecule has 0 saturated carbocycles. The van der Waals surface area contributed by atoms with Gasteiger partial charge in [0, 0.05) is 0 Å². The van der Waals surface area contributed by atoms with Gasteiger partial charge in [-0.15, -0.1) is 0 Å². The summed E-state index contributed by atoms with van der Waals surface area (Å²) in [5.41, 5.74) is 5.60. The van der Waals surface area contributed by atoms with Gasteiger partial charge in [-0.2, -0.15) is 0 Å². The van der Waals surface area contributed by atoms with Gasteiger partial charge in [0.15, 0.2) is 0 Å². The summed E-state index contributed by atoms with van der Waals surface area (Å²) in [4.78, 5) is 21.7. The maximum absolute atomic E-state index is 11.2. The van der Waals surface area contributed by atoms with E-state index in [0.717, 1.165) is 5.56 Å². The molecule has 1 amide bonds. The van der Waals surface area contributed by atoms with Gasteiger partial charge in [-0.3, -0.25) is 0 Å². The van der Waals surface area contributed by atoms with E-state index in [2.05, 4.69) is 4.74 Å². The molecule has 1 unspecified atom stereocenters. The number of carbonyl (C=O) groups is 2. The average Bonchev–Trinajstić information content (AvgIpc) is 2.45. The Balaban J connectivity index is 2.66. The number of rotatable bonds is 8. The van der Waals surface area contributed by atoms with Crippen molar-refractivity contribution in [3.8, 4) is 5.75 Å². The molecule has 0 aliphatic heterocycles. The molecule has 3 N–H and O–H groups in total. The minimum absolute atomic E-state index is 0.0565. The van der Waals surface area contributed by atoms with E-state index < -0.39 is 43.7 Å². The molecule has 0 aromatic heterocycles. The Kier molecular flexibility index (Phi) is 8.25. The first-order valence-electron chi connectivity index (χ1n) is 6.41. The van der Waals surface area contributed by atoms with Gasteiger partial charge < -0.3 is 0 Å². The van der Waals surface area contributed by atoms with E-state index in [0.29, 0.717) is 16.1 Å². The predicted octanol–water partition coefficient (Wildman–Crippen LogP) is 0.653.